The lowest BCUT2D eigenvalue weighted by atomic mass is 9.56. The van der Waals surface area contributed by atoms with Crippen molar-refractivity contribution in [1.29, 1.82) is 0 Å². The molecule has 14 heteroatoms. The monoisotopic (exact) mass is 2010 g/mol. The number of likely N-dealkylation sites (tertiary alicyclic amines) is 3. The molecule has 0 aromatic heterocycles. The number of ketones is 3. The summed E-state index contributed by atoms with van der Waals surface area (Å²) in [4.78, 5) is 45.1. The van der Waals surface area contributed by atoms with E-state index in [1.165, 1.54) is 201 Å². The van der Waals surface area contributed by atoms with Gasteiger partial charge >= 0.3 is 0 Å². The Morgan fingerprint density at radius 2 is 0.730 bits per heavy atom. The summed E-state index contributed by atoms with van der Waals surface area (Å²) in [6.45, 7) is 48.2. The second kappa shape index (κ2) is 34.1. The molecule has 802 valence electrons. The highest BCUT2D eigenvalue weighted by atomic mass is 16.5. The third-order valence-corrected chi connectivity index (χ3v) is 55.2. The summed E-state index contributed by atoms with van der Waals surface area (Å²) in [6.07, 6.45) is 53.8. The lowest BCUT2D eigenvalue weighted by molar-refractivity contribution is -0.148. The first kappa shape index (κ1) is 99.8. The molecular weight excluding hydrogens is 1830 g/mol. The quantitative estimate of drug-likeness (QED) is 0.183. The van der Waals surface area contributed by atoms with Gasteiger partial charge in [0, 0.05) is 128 Å². The smallest absolute Gasteiger partial charge is 0.155 e. The lowest BCUT2D eigenvalue weighted by Crippen LogP contribution is -2.54. The number of aliphatic hydroxyl groups is 2. The van der Waals surface area contributed by atoms with Gasteiger partial charge in [0.25, 0.3) is 0 Å². The third-order valence-electron chi connectivity index (χ3n) is 55.2. The maximum Gasteiger partial charge on any atom is 0.155 e. The number of piperidine rings is 4. The minimum atomic E-state index is -0.0989. The van der Waals surface area contributed by atoms with Crippen LogP contribution in [0.3, 0.4) is 0 Å². The van der Waals surface area contributed by atoms with Crippen LogP contribution in [-0.2, 0) is 46.4 Å². The zero-order chi connectivity index (χ0) is 102. The fourth-order valence-corrected chi connectivity index (χ4v) is 48.3. The van der Waals surface area contributed by atoms with Crippen molar-refractivity contribution < 1.29 is 48.3 Å². The van der Waals surface area contributed by atoms with Crippen LogP contribution in [0.1, 0.15) is 353 Å². The number of carbonyl (C=O) groups is 3. The molecule has 8 spiro atoms. The van der Waals surface area contributed by atoms with Crippen molar-refractivity contribution in [1.82, 2.24) is 20.0 Å². The minimum Gasteiger partial charge on any atom is -0.457 e. The van der Waals surface area contributed by atoms with Crippen LogP contribution in [0, 0.1) is 183 Å². The van der Waals surface area contributed by atoms with Crippen molar-refractivity contribution in [2.45, 2.75) is 432 Å². The number of hydrogen-bond acceptors (Lipinski definition) is 14. The average Bonchev–Trinajstić information content (AvgIpc) is 1.48. The number of fused-ring (bicyclic) bond motifs is 24. The van der Waals surface area contributed by atoms with Crippen molar-refractivity contribution in [3.05, 3.63) is 143 Å². The number of nitrogens with zero attached hydrogens (tertiary/aromatic N) is 3. The summed E-state index contributed by atoms with van der Waals surface area (Å²) >= 11 is 0. The Hall–Kier alpha value is -4.97. The van der Waals surface area contributed by atoms with Crippen LogP contribution in [0.15, 0.2) is 132 Å². The van der Waals surface area contributed by atoms with E-state index in [4.69, 9.17) is 23.7 Å². The Labute approximate surface area is 888 Å². The van der Waals surface area contributed by atoms with Gasteiger partial charge in [0.15, 0.2) is 17.3 Å². The van der Waals surface area contributed by atoms with Gasteiger partial charge in [-0.25, -0.2) is 0 Å². The Kier molecular flexibility index (Phi) is 23.0. The Morgan fingerprint density at radius 3 is 1.16 bits per heavy atom. The molecule has 0 amide bonds. The Morgan fingerprint density at radius 1 is 0.372 bits per heavy atom. The van der Waals surface area contributed by atoms with Gasteiger partial charge in [-0.05, 0) is 410 Å². The summed E-state index contributed by atoms with van der Waals surface area (Å²) in [6, 6.07) is 32.0. The maximum absolute atomic E-state index is 12.4. The van der Waals surface area contributed by atoms with E-state index >= 15 is 0 Å². The summed E-state index contributed by atoms with van der Waals surface area (Å²) in [5.74, 6) is 17.9. The molecule has 0 bridgehead atoms. The number of nitrogens with one attached hydrogen (secondary N) is 1. The van der Waals surface area contributed by atoms with E-state index in [-0.39, 0.29) is 62.2 Å². The van der Waals surface area contributed by atoms with Gasteiger partial charge in [0.2, 0.25) is 0 Å². The van der Waals surface area contributed by atoms with Crippen molar-refractivity contribution >= 4 is 17.3 Å². The van der Waals surface area contributed by atoms with Crippen molar-refractivity contribution in [3.63, 3.8) is 0 Å². The van der Waals surface area contributed by atoms with Gasteiger partial charge in [-0.2, -0.15) is 0 Å². The molecule has 45 atom stereocenters. The number of allylic oxidation sites excluding steroid dienone is 7. The molecule has 148 heavy (non-hydrogen) atoms. The molecule has 28 aliphatic rings. The van der Waals surface area contributed by atoms with E-state index in [2.05, 4.69) is 210 Å². The molecule has 24 fully saturated rings. The highest BCUT2D eigenvalue weighted by Gasteiger charge is 2.90. The lowest BCUT2D eigenvalue weighted by Gasteiger charge is -2.50. The van der Waals surface area contributed by atoms with Crippen molar-refractivity contribution in [2.24, 2.45) is 183 Å². The summed E-state index contributed by atoms with van der Waals surface area (Å²) < 4.78 is 35.7. The first-order chi connectivity index (χ1) is 70.8. The number of hydrogen-bond donors (Lipinski definition) is 3. The average molecular weight is 2010 g/mol. The molecule has 14 nitrogen and oxygen atoms in total. The predicted molar refractivity (Wildman–Crippen MR) is 582 cm³/mol. The van der Waals surface area contributed by atoms with Gasteiger partial charge < -0.3 is 39.2 Å². The molecule has 0 radical (unpaired) electrons. The molecule has 3 aromatic carbocycles. The highest BCUT2D eigenvalue weighted by Crippen LogP contribution is 2.93. The normalized spacial score (nSPS) is 54.5. The summed E-state index contributed by atoms with van der Waals surface area (Å²) in [5, 5.41) is 24.0. The van der Waals surface area contributed by atoms with E-state index in [0.29, 0.717) is 145 Å². The van der Waals surface area contributed by atoms with E-state index in [0.717, 1.165) is 192 Å². The number of ether oxygens (including phenoxy) is 5. The number of aliphatic hydroxyl groups excluding tert-OH is 2. The molecule has 31 rings (SSSR count). The predicted octanol–water partition coefficient (Wildman–Crippen LogP) is 26.3. The molecule has 20 aliphatic carbocycles. The molecule has 8 aliphatic heterocycles. The van der Waals surface area contributed by atoms with Crippen LogP contribution in [0.5, 0.6) is 11.5 Å². The topological polar surface area (TPSA) is 160 Å². The van der Waals surface area contributed by atoms with E-state index < -0.39 is 0 Å². The van der Waals surface area contributed by atoms with Crippen molar-refractivity contribution in [2.75, 3.05) is 39.3 Å². The van der Waals surface area contributed by atoms with Crippen LogP contribution in [-0.4, -0.2) is 159 Å². The largest absolute Gasteiger partial charge is 0.457 e. The van der Waals surface area contributed by atoms with E-state index in [1.807, 2.05) is 30.3 Å². The zero-order valence-corrected chi connectivity index (χ0v) is 93.8. The Balaban J connectivity index is 0.0000000960. The Bertz CT molecular complexity index is 5890. The van der Waals surface area contributed by atoms with Gasteiger partial charge in [0.05, 0.1) is 59.5 Å². The van der Waals surface area contributed by atoms with Crippen LogP contribution in [0.4, 0.5) is 0 Å². The SMILES string of the molecule is C[C@@H]1CN[C@H]2[C@@H](C)[C@@]3(CC[C@H]4[C@@H]5CC=C6C[C@@H](O)CC[C@]6(C)[C@H]5CC45CC53C)O[C@@H]2C1.C[C@H]1C[C@H]2O[C@]3(CC[C@H]4[C@@H]5CCC6=CC(=O)CC[C@]6(C)[C@H]5CC45CC53C)[C@H](C)[C@@H]2N(CCO)C1.C[C@H]1C[C@H]2O[C@]3(CC[C@H]4[C@@H]5CCC6=CC(=O)CC[C@]6(C)[C@H]5CC45CC53C)[C@H](C)[C@@H]2N(Cc2ccc(Oc3ccccc3)cc2)C1.C[C@H]1C[C@H]2O[C@]3(CC[C@H]4[C@@H]5CCC6=CC(=O)CC[C@]6(C)[C@H]5CC45CC53C)[C@H](C)[C@@H]2N(Cc2ccccc2)C1. The van der Waals surface area contributed by atoms with Crippen LogP contribution >= 0.6 is 0 Å². The van der Waals surface area contributed by atoms with Crippen molar-refractivity contribution in [3.8, 4) is 11.5 Å². The standard InChI is InChI=1S/C41H51NO3.C35H47NO2.C30H45NO3.C28H43NO2/c1-26-20-36-37(42(23-26)24-28-10-13-32(14-11-28)44-31-8-6-5-7-9-31)27(2)41(45-36)19-17-34-33-15-12-29-21-30(43)16-18-38(29,3)35(33)22-40(34)25-39(40,41)4;1-22-16-30-31(36(19-22)20-24-8-6-5-7-9-24)23(2)35(38-30)15-13-28-27-11-10-25-17-26(37)12-14-32(25,3)29(27)18-34(28)21-33(34,35)4;1-18-13-25-26(31(16-18)11-12-32)19(2)30(34-25)10-8-23-22-6-5-20-14-21(33)7-9-27(20,3)24(22)15-29(23)17-28(29,30)4;1-16-11-23-24(29-14-16)17(2)28(31-23)10-8-21-20-6-5-18-12-19(30)7-9-25(18,3)22(20)13-27(21)15-26(27,28)4/h5-11,13-14,21,26-27,33-37H,12,15-20,22-25H2,1-4H3;5-9,17,22-23,27-31H,10-16,18-21H2,1-4H3;14,18-19,22-26,32H,5-13,15-17H2,1-4H3;5,16-17,19-24,29-30H,6-15H2,1-4H3/t26-,27+,33-,34-,35-,36+,37-,38-,39?,40?,41+;22-,23+,27-,28-,29-,30+,31-,32-,33?,34?,35+;18-,19+,22-,23-,24-,25+,26-,27-,28?,29?,30+;16-,17+,19-,20-,21-,22-,23+,24-,25-,26?,27?,28+/m0000/s1. The highest BCUT2D eigenvalue weighted by molar-refractivity contribution is 5.93. The van der Waals surface area contributed by atoms with E-state index in [9.17, 15) is 24.6 Å². The molecule has 3 aromatic rings. The number of para-hydroxylation sites is 1. The maximum atomic E-state index is 12.4. The molecular formula is C134H186N4O10. The zero-order valence-electron chi connectivity index (χ0n) is 93.8. The van der Waals surface area contributed by atoms with Gasteiger partial charge in [-0.15, -0.1) is 0 Å². The third kappa shape index (κ3) is 13.5. The molecule has 8 saturated heterocycles. The fraction of sp³-hybridized carbons (Fsp3) is 0.784. The van der Waals surface area contributed by atoms with E-state index in [1.54, 1.807) is 5.57 Å². The van der Waals surface area contributed by atoms with Crippen LogP contribution in [0.25, 0.3) is 0 Å². The molecule has 16 saturated carbocycles. The first-order valence-corrected chi connectivity index (χ1v) is 62.0. The number of rotatable bonds is 8. The first-order valence-electron chi connectivity index (χ1n) is 62.0. The number of carbonyl (C=O) groups excluding carboxylic acids is 3. The molecule has 3 N–H and O–H groups in total. The van der Waals surface area contributed by atoms with Gasteiger partial charge in [0.1, 0.15) is 11.5 Å². The molecule has 8 heterocycles. The second-order valence-electron chi connectivity index (χ2n) is 60.4. The summed E-state index contributed by atoms with van der Waals surface area (Å²) in [7, 11) is 0. The fourth-order valence-electron chi connectivity index (χ4n) is 48.3. The van der Waals surface area contributed by atoms with Crippen LogP contribution < -0.4 is 10.1 Å². The van der Waals surface area contributed by atoms with Gasteiger partial charge in [-0.1, -0.05) is 200 Å². The van der Waals surface area contributed by atoms with Gasteiger partial charge in [-0.3, -0.25) is 29.1 Å². The number of β-amino-alcohol motifs (C(OH)–C–C–N with tert-alkyl or cyclic N) is 1. The summed E-state index contributed by atoms with van der Waals surface area (Å²) in [5.41, 5.74) is 13.2. The van der Waals surface area contributed by atoms with Crippen LogP contribution in [0.2, 0.25) is 0 Å². The number of benzene rings is 3. The molecule has 8 unspecified atom stereocenters. The minimum absolute atomic E-state index is 0.00615. The second-order valence-corrected chi connectivity index (χ2v) is 60.4.